The number of anilines is 2. The molecule has 31 heavy (non-hydrogen) atoms. The molecule has 1 fully saturated rings. The highest BCUT2D eigenvalue weighted by Crippen LogP contribution is 2.48. The van der Waals surface area contributed by atoms with Crippen LogP contribution in [0.5, 0.6) is 5.75 Å². The summed E-state index contributed by atoms with van der Waals surface area (Å²) in [6, 6.07) is 23.4. The lowest BCUT2D eigenvalue weighted by atomic mass is 9.93. The number of rotatable bonds is 3. The fourth-order valence-electron chi connectivity index (χ4n) is 4.07. The molecule has 0 saturated carbocycles. The van der Waals surface area contributed by atoms with Crippen molar-refractivity contribution >= 4 is 34.9 Å². The summed E-state index contributed by atoms with van der Waals surface area (Å²) in [7, 11) is 1.58. The minimum absolute atomic E-state index is 0.152. The lowest BCUT2D eigenvalue weighted by Crippen LogP contribution is -2.30. The molecule has 2 aliphatic rings. The first-order valence-electron chi connectivity index (χ1n) is 9.99. The van der Waals surface area contributed by atoms with Gasteiger partial charge in [-0.1, -0.05) is 60.3 Å². The number of methoxy groups -OCH3 is 1. The number of carbonyl (C=O) groups is 1. The van der Waals surface area contributed by atoms with Crippen molar-refractivity contribution < 1.29 is 9.53 Å². The van der Waals surface area contributed by atoms with Crippen LogP contribution in [0.1, 0.15) is 17.0 Å². The average Bonchev–Trinajstić information content (AvgIpc) is 3.32. The number of amides is 1. The fraction of sp³-hybridized carbons (Fsp3) is 0.120. The molecule has 3 aromatic rings. The van der Waals surface area contributed by atoms with Gasteiger partial charge in [0, 0.05) is 10.5 Å². The van der Waals surface area contributed by atoms with Crippen LogP contribution in [0, 0.1) is 12.3 Å². The molecule has 0 unspecified atom stereocenters. The molecule has 1 saturated heterocycles. The van der Waals surface area contributed by atoms with Crippen LogP contribution < -0.4 is 15.0 Å². The van der Waals surface area contributed by atoms with E-state index < -0.39 is 5.92 Å². The van der Waals surface area contributed by atoms with Crippen LogP contribution in [0.4, 0.5) is 11.4 Å². The molecule has 0 aromatic heterocycles. The summed E-state index contributed by atoms with van der Waals surface area (Å²) in [5.74, 6) is 0.0202. The maximum Gasteiger partial charge on any atom is 0.245 e. The molecule has 0 spiro atoms. The number of nitrogens with zero attached hydrogens (tertiary/aromatic N) is 1. The summed E-state index contributed by atoms with van der Waals surface area (Å²) in [6.07, 6.45) is 0. The maximum atomic E-state index is 13.8. The van der Waals surface area contributed by atoms with E-state index >= 15 is 0 Å². The summed E-state index contributed by atoms with van der Waals surface area (Å²) >= 11 is 1.57. The molecule has 0 radical (unpaired) electrons. The quantitative estimate of drug-likeness (QED) is 0.576. The number of amidine groups is 1. The molecule has 1 atom stereocenters. The molecule has 0 bridgehead atoms. The highest BCUT2D eigenvalue weighted by Gasteiger charge is 2.46. The molecule has 0 aliphatic carbocycles. The van der Waals surface area contributed by atoms with E-state index in [9.17, 15) is 4.79 Å². The normalized spacial score (nSPS) is 20.1. The minimum Gasteiger partial charge on any atom is -0.495 e. The number of hydrogen-bond acceptors (Lipinski definition) is 5. The van der Waals surface area contributed by atoms with Crippen LogP contribution in [0.2, 0.25) is 0 Å². The molecule has 5 nitrogen and oxygen atoms in total. The van der Waals surface area contributed by atoms with Gasteiger partial charge < -0.3 is 10.1 Å². The largest absolute Gasteiger partial charge is 0.495 e. The molecule has 6 heteroatoms. The van der Waals surface area contributed by atoms with Gasteiger partial charge in [0.15, 0.2) is 0 Å². The van der Waals surface area contributed by atoms with E-state index in [1.54, 1.807) is 18.9 Å². The number of thioether (sulfide) groups is 1. The third-order valence-electron chi connectivity index (χ3n) is 5.53. The topological polar surface area (TPSA) is 65.4 Å². The van der Waals surface area contributed by atoms with E-state index in [1.165, 1.54) is 4.90 Å². The molecule has 3 aromatic carbocycles. The highest BCUT2D eigenvalue weighted by atomic mass is 32.2. The Bertz CT molecular complexity index is 1210. The summed E-state index contributed by atoms with van der Waals surface area (Å²) in [5.41, 5.74) is 4.13. The average molecular weight is 428 g/mol. The number of carbonyl (C=O) groups excluding carboxylic acids is 1. The second-order valence-electron chi connectivity index (χ2n) is 7.51. The van der Waals surface area contributed by atoms with Gasteiger partial charge in [0.25, 0.3) is 0 Å². The van der Waals surface area contributed by atoms with Crippen LogP contribution in [-0.2, 0) is 4.79 Å². The lowest BCUT2D eigenvalue weighted by molar-refractivity contribution is -0.117. The molecule has 1 amide bonds. The van der Waals surface area contributed by atoms with Crippen molar-refractivity contribution in [3.8, 4) is 5.75 Å². The molecule has 2 aliphatic heterocycles. The Balaban J connectivity index is 1.68. The molecular weight excluding hydrogens is 406 g/mol. The Morgan fingerprint density at radius 3 is 2.52 bits per heavy atom. The highest BCUT2D eigenvalue weighted by molar-refractivity contribution is 8.03. The first-order chi connectivity index (χ1) is 15.1. The Morgan fingerprint density at radius 2 is 1.77 bits per heavy atom. The van der Waals surface area contributed by atoms with Crippen LogP contribution in [0.3, 0.4) is 0 Å². The van der Waals surface area contributed by atoms with Crippen LogP contribution in [0.15, 0.2) is 88.3 Å². The van der Waals surface area contributed by atoms with Gasteiger partial charge in [0.2, 0.25) is 5.91 Å². The standard InChI is InChI=1S/C25H21N3O2S/c1-15-12-13-19(30-2)18(14-15)28-23(26)22(21(25(28)29)16-8-4-3-5-9-16)24-27-17-10-6-7-11-20(17)31-24/h3-14,21,26-27H,1-2H3/t21-/m1/s1. The zero-order valence-electron chi connectivity index (χ0n) is 17.2. The number of benzene rings is 3. The van der Waals surface area contributed by atoms with Gasteiger partial charge in [-0.3, -0.25) is 15.1 Å². The van der Waals surface area contributed by atoms with Crippen molar-refractivity contribution in [2.75, 3.05) is 17.3 Å². The predicted octanol–water partition coefficient (Wildman–Crippen LogP) is 5.54. The lowest BCUT2D eigenvalue weighted by Gasteiger charge is -2.20. The smallest absolute Gasteiger partial charge is 0.245 e. The third kappa shape index (κ3) is 3.20. The Labute approximate surface area is 185 Å². The van der Waals surface area contributed by atoms with Crippen molar-refractivity contribution in [3.05, 3.63) is 94.5 Å². The van der Waals surface area contributed by atoms with Crippen molar-refractivity contribution in [2.24, 2.45) is 0 Å². The van der Waals surface area contributed by atoms with Crippen LogP contribution in [-0.4, -0.2) is 18.9 Å². The van der Waals surface area contributed by atoms with Crippen molar-refractivity contribution in [3.63, 3.8) is 0 Å². The number of aryl methyl sites for hydroxylation is 1. The van der Waals surface area contributed by atoms with E-state index in [-0.39, 0.29) is 11.7 Å². The third-order valence-corrected chi connectivity index (χ3v) is 6.64. The van der Waals surface area contributed by atoms with Crippen molar-refractivity contribution in [2.45, 2.75) is 17.7 Å². The van der Waals surface area contributed by atoms with E-state index in [2.05, 4.69) is 5.32 Å². The fourth-order valence-corrected chi connectivity index (χ4v) is 5.15. The Hall–Kier alpha value is -3.51. The molecule has 154 valence electrons. The SMILES string of the molecule is COc1ccc(C)cc1N1C(=N)C(=C2Nc3ccccc3S2)[C@@H](c2ccccc2)C1=O. The van der Waals surface area contributed by atoms with E-state index in [0.717, 1.165) is 26.7 Å². The molecular formula is C25H21N3O2S. The van der Waals surface area contributed by atoms with Crippen LogP contribution in [0.25, 0.3) is 0 Å². The number of fused-ring (bicyclic) bond motifs is 1. The van der Waals surface area contributed by atoms with Gasteiger partial charge in [0.05, 0.1) is 29.4 Å². The van der Waals surface area contributed by atoms with Crippen LogP contribution >= 0.6 is 11.8 Å². The molecule has 2 heterocycles. The second kappa shape index (κ2) is 7.63. The minimum atomic E-state index is -0.566. The number of ether oxygens (including phenoxy) is 1. The summed E-state index contributed by atoms with van der Waals surface area (Å²) in [6.45, 7) is 1.96. The summed E-state index contributed by atoms with van der Waals surface area (Å²) < 4.78 is 5.53. The zero-order chi connectivity index (χ0) is 21.5. The van der Waals surface area contributed by atoms with Crippen molar-refractivity contribution in [1.82, 2.24) is 0 Å². The predicted molar refractivity (Wildman–Crippen MR) is 125 cm³/mol. The Kier molecular flexibility index (Phi) is 4.79. The van der Waals surface area contributed by atoms with E-state index in [4.69, 9.17) is 10.1 Å². The van der Waals surface area contributed by atoms with Gasteiger partial charge >= 0.3 is 0 Å². The van der Waals surface area contributed by atoms with Gasteiger partial charge in [-0.05, 0) is 42.3 Å². The first-order valence-corrected chi connectivity index (χ1v) is 10.8. The zero-order valence-corrected chi connectivity index (χ0v) is 18.0. The monoisotopic (exact) mass is 427 g/mol. The van der Waals surface area contributed by atoms with E-state index in [0.29, 0.717) is 17.0 Å². The summed E-state index contributed by atoms with van der Waals surface area (Å²) in [4.78, 5) is 16.4. The molecule has 5 rings (SSSR count). The second-order valence-corrected chi connectivity index (χ2v) is 8.56. The van der Waals surface area contributed by atoms with Crippen molar-refractivity contribution in [1.29, 1.82) is 5.41 Å². The first kappa shape index (κ1) is 19.5. The molecule has 2 N–H and O–H groups in total. The van der Waals surface area contributed by atoms with E-state index in [1.807, 2.05) is 79.7 Å². The van der Waals surface area contributed by atoms with Gasteiger partial charge in [-0.25, -0.2) is 0 Å². The number of para-hydroxylation sites is 1. The summed E-state index contributed by atoms with van der Waals surface area (Å²) in [5, 5.41) is 13.3. The van der Waals surface area contributed by atoms with Gasteiger partial charge in [-0.15, -0.1) is 0 Å². The maximum absolute atomic E-state index is 13.8. The van der Waals surface area contributed by atoms with Gasteiger partial charge in [-0.2, -0.15) is 0 Å². The Morgan fingerprint density at radius 1 is 1.03 bits per heavy atom. The number of nitrogens with one attached hydrogen (secondary N) is 2. The number of hydrogen-bond donors (Lipinski definition) is 2. The van der Waals surface area contributed by atoms with Gasteiger partial charge in [0.1, 0.15) is 11.6 Å².